The number of amides is 1. The first kappa shape index (κ1) is 21.0. The molecule has 4 nitrogen and oxygen atoms in total. The van der Waals surface area contributed by atoms with Crippen LogP contribution in [0.5, 0.6) is 0 Å². The highest BCUT2D eigenvalue weighted by Crippen LogP contribution is 2.34. The molecule has 1 atom stereocenters. The van der Waals surface area contributed by atoms with E-state index in [1.807, 2.05) is 29.2 Å². The van der Waals surface area contributed by atoms with Crippen LogP contribution in [0.15, 0.2) is 66.7 Å². The summed E-state index contributed by atoms with van der Waals surface area (Å²) in [6.45, 7) is 2.22. The molecule has 2 fully saturated rings. The number of carbonyl (C=O) groups excluding carboxylic acids is 1. The zero-order chi connectivity index (χ0) is 23.2. The van der Waals surface area contributed by atoms with Crippen molar-refractivity contribution in [3.8, 4) is 22.5 Å². The van der Waals surface area contributed by atoms with Gasteiger partial charge >= 0.3 is 0 Å². The topological polar surface area (TPSA) is 38.1 Å². The quantitative estimate of drug-likeness (QED) is 0.374. The lowest BCUT2D eigenvalue weighted by Crippen LogP contribution is -2.30. The van der Waals surface area contributed by atoms with Crippen molar-refractivity contribution in [3.05, 3.63) is 78.4 Å². The molecule has 1 aliphatic carbocycles. The van der Waals surface area contributed by atoms with Gasteiger partial charge in [-0.05, 0) is 66.6 Å². The number of rotatable bonds is 5. The molecule has 1 saturated heterocycles. The highest BCUT2D eigenvalue weighted by Gasteiger charge is 2.36. The molecule has 0 radical (unpaired) electrons. The second-order valence-corrected chi connectivity index (χ2v) is 9.48. The summed E-state index contributed by atoms with van der Waals surface area (Å²) >= 11 is 0. The summed E-state index contributed by atoms with van der Waals surface area (Å²) in [5.74, 6) is 1.08. The largest absolute Gasteiger partial charge is 0.342 e. The second kappa shape index (κ2) is 8.35. The number of benzene rings is 3. The van der Waals surface area contributed by atoms with Gasteiger partial charge in [0.1, 0.15) is 17.5 Å². The second-order valence-electron chi connectivity index (χ2n) is 9.48. The molecule has 6 heteroatoms. The molecule has 1 saturated carbocycles. The Morgan fingerprint density at radius 1 is 0.853 bits per heavy atom. The van der Waals surface area contributed by atoms with E-state index in [1.165, 1.54) is 18.2 Å². The van der Waals surface area contributed by atoms with Gasteiger partial charge in [0, 0.05) is 31.1 Å². The lowest BCUT2D eigenvalue weighted by molar-refractivity contribution is -0.131. The molecule has 2 heterocycles. The molecule has 0 unspecified atom stereocenters. The Balaban J connectivity index is 1.32. The number of fused-ring (bicyclic) bond motifs is 1. The van der Waals surface area contributed by atoms with Gasteiger partial charge in [-0.1, -0.05) is 36.4 Å². The third kappa shape index (κ3) is 3.98. The number of likely N-dealkylation sites (tertiary alicyclic amines) is 1. The third-order valence-electron chi connectivity index (χ3n) is 7.00. The molecular weight excluding hydrogens is 432 g/mol. The fraction of sp³-hybridized carbons (Fsp3) is 0.286. The van der Waals surface area contributed by atoms with E-state index in [2.05, 4.69) is 4.57 Å². The van der Waals surface area contributed by atoms with Gasteiger partial charge in [0.05, 0.1) is 11.0 Å². The molecule has 172 valence electrons. The van der Waals surface area contributed by atoms with Gasteiger partial charge in [0.2, 0.25) is 5.91 Å². The minimum absolute atomic E-state index is 0.233. The van der Waals surface area contributed by atoms with Crippen molar-refractivity contribution in [2.75, 3.05) is 13.1 Å². The smallest absolute Gasteiger partial charge is 0.225 e. The molecule has 1 aromatic heterocycles. The molecule has 6 rings (SSSR count). The minimum atomic E-state index is -0.288. The first-order valence-corrected chi connectivity index (χ1v) is 11.9. The van der Waals surface area contributed by atoms with Crippen LogP contribution in [0.25, 0.3) is 33.5 Å². The monoisotopic (exact) mass is 457 g/mol. The maximum Gasteiger partial charge on any atom is 0.225 e. The molecule has 0 bridgehead atoms. The van der Waals surface area contributed by atoms with Gasteiger partial charge in [0.25, 0.3) is 0 Å². The zero-order valence-electron chi connectivity index (χ0n) is 18.8. The summed E-state index contributed by atoms with van der Waals surface area (Å²) in [6.07, 6.45) is 2.98. The molecule has 34 heavy (non-hydrogen) atoms. The summed E-state index contributed by atoms with van der Waals surface area (Å²) < 4.78 is 29.5. The lowest BCUT2D eigenvalue weighted by Gasteiger charge is -2.18. The average Bonchev–Trinajstić information content (AvgIpc) is 3.50. The van der Waals surface area contributed by atoms with Gasteiger partial charge in [-0.3, -0.25) is 4.79 Å². The fourth-order valence-electron chi connectivity index (χ4n) is 4.98. The van der Waals surface area contributed by atoms with E-state index in [-0.39, 0.29) is 17.6 Å². The van der Waals surface area contributed by atoms with Crippen molar-refractivity contribution in [1.29, 1.82) is 0 Å². The highest BCUT2D eigenvalue weighted by molar-refractivity contribution is 5.82. The Morgan fingerprint density at radius 2 is 1.50 bits per heavy atom. The predicted octanol–water partition coefficient (Wildman–Crippen LogP) is 5.91. The average molecular weight is 458 g/mol. The number of hydrogen-bond donors (Lipinski definition) is 0. The number of carbonyl (C=O) groups is 1. The molecule has 3 aromatic carbocycles. The number of nitrogens with zero attached hydrogens (tertiary/aromatic N) is 3. The van der Waals surface area contributed by atoms with Crippen LogP contribution in [-0.4, -0.2) is 33.4 Å². The Hall–Kier alpha value is -3.54. The normalized spacial score (nSPS) is 18.1. The summed E-state index contributed by atoms with van der Waals surface area (Å²) in [5.41, 5.74) is 4.39. The van der Waals surface area contributed by atoms with Crippen LogP contribution >= 0.6 is 0 Å². The molecular formula is C28H25F2N3O. The van der Waals surface area contributed by atoms with Crippen molar-refractivity contribution < 1.29 is 13.6 Å². The van der Waals surface area contributed by atoms with Crippen molar-refractivity contribution in [3.63, 3.8) is 0 Å². The van der Waals surface area contributed by atoms with Gasteiger partial charge in [0.15, 0.2) is 0 Å². The van der Waals surface area contributed by atoms with Gasteiger partial charge in [-0.25, -0.2) is 13.8 Å². The summed E-state index contributed by atoms with van der Waals surface area (Å²) in [7, 11) is 0. The van der Waals surface area contributed by atoms with Gasteiger partial charge in [-0.2, -0.15) is 0 Å². The van der Waals surface area contributed by atoms with E-state index < -0.39 is 0 Å². The van der Waals surface area contributed by atoms with Crippen LogP contribution < -0.4 is 0 Å². The fourth-order valence-corrected chi connectivity index (χ4v) is 4.98. The maximum absolute atomic E-state index is 14.2. The van der Waals surface area contributed by atoms with E-state index in [9.17, 15) is 13.6 Å². The van der Waals surface area contributed by atoms with E-state index in [0.717, 1.165) is 65.9 Å². The van der Waals surface area contributed by atoms with Crippen LogP contribution in [0.3, 0.4) is 0 Å². The van der Waals surface area contributed by atoms with Crippen LogP contribution in [0, 0.1) is 23.5 Å². The Bertz CT molecular complexity index is 1360. The van der Waals surface area contributed by atoms with Gasteiger partial charge < -0.3 is 9.47 Å². The number of imidazole rings is 1. The minimum Gasteiger partial charge on any atom is -0.342 e. The van der Waals surface area contributed by atoms with Crippen molar-refractivity contribution in [1.82, 2.24) is 14.5 Å². The van der Waals surface area contributed by atoms with Crippen molar-refractivity contribution >= 4 is 16.9 Å². The molecule has 1 amide bonds. The molecule has 0 spiro atoms. The molecule has 2 aliphatic rings. The Kier molecular flexibility index (Phi) is 5.16. The zero-order valence-corrected chi connectivity index (χ0v) is 18.8. The van der Waals surface area contributed by atoms with E-state index in [0.29, 0.717) is 18.4 Å². The number of aromatic nitrogens is 2. The van der Waals surface area contributed by atoms with E-state index in [4.69, 9.17) is 4.98 Å². The van der Waals surface area contributed by atoms with E-state index in [1.54, 1.807) is 24.3 Å². The lowest BCUT2D eigenvalue weighted by atomic mass is 10.0. The summed E-state index contributed by atoms with van der Waals surface area (Å²) in [5, 5.41) is 0. The first-order valence-electron chi connectivity index (χ1n) is 11.9. The Morgan fingerprint density at radius 3 is 2.21 bits per heavy atom. The van der Waals surface area contributed by atoms with Crippen molar-refractivity contribution in [2.24, 2.45) is 11.8 Å². The maximum atomic E-state index is 14.2. The number of halogens is 2. The molecule has 4 aromatic rings. The SMILES string of the molecule is O=C(C1CC1)N1CC[C@@H](Cn2c(-c3ccc(-c4ccc(F)cc4)cc3)nc3ccc(F)cc32)C1. The molecule has 1 aliphatic heterocycles. The van der Waals surface area contributed by atoms with Crippen LogP contribution in [0.2, 0.25) is 0 Å². The molecule has 0 N–H and O–H groups in total. The first-order chi connectivity index (χ1) is 16.5. The van der Waals surface area contributed by atoms with Gasteiger partial charge in [-0.15, -0.1) is 0 Å². The summed E-state index contributed by atoms with van der Waals surface area (Å²) in [4.78, 5) is 19.3. The number of hydrogen-bond acceptors (Lipinski definition) is 2. The van der Waals surface area contributed by atoms with Crippen LogP contribution in [-0.2, 0) is 11.3 Å². The Labute approximate surface area is 196 Å². The van der Waals surface area contributed by atoms with Crippen LogP contribution in [0.4, 0.5) is 8.78 Å². The van der Waals surface area contributed by atoms with Crippen LogP contribution in [0.1, 0.15) is 19.3 Å². The standard InChI is InChI=1S/C28H25F2N3O/c29-23-9-7-20(8-10-23)19-1-3-21(4-2-19)27-31-25-12-11-24(30)15-26(25)33(27)17-18-13-14-32(16-18)28(34)22-5-6-22/h1-4,7-12,15,18,22H,5-6,13-14,16-17H2/t18-/m1/s1. The predicted molar refractivity (Wildman–Crippen MR) is 128 cm³/mol. The van der Waals surface area contributed by atoms with E-state index >= 15 is 0 Å². The summed E-state index contributed by atoms with van der Waals surface area (Å²) in [6, 6.07) is 19.1. The third-order valence-corrected chi connectivity index (χ3v) is 7.00. The highest BCUT2D eigenvalue weighted by atomic mass is 19.1. The van der Waals surface area contributed by atoms with Crippen molar-refractivity contribution in [2.45, 2.75) is 25.8 Å².